The maximum absolute atomic E-state index is 11.6. The predicted molar refractivity (Wildman–Crippen MR) is 134 cm³/mol. The Morgan fingerprint density at radius 3 is 2.73 bits per heavy atom. The first-order valence-corrected chi connectivity index (χ1v) is 11.8. The molecule has 2 aromatic carbocycles. The fourth-order valence-corrected chi connectivity index (χ4v) is 4.67. The summed E-state index contributed by atoms with van der Waals surface area (Å²) in [6, 6.07) is 17.7. The molecule has 2 N–H and O–H groups in total. The Morgan fingerprint density at radius 1 is 1.12 bits per heavy atom. The van der Waals surface area contributed by atoms with Gasteiger partial charge in [0.05, 0.1) is 5.39 Å². The fraction of sp³-hybridized carbons (Fsp3) is 0.160. The molecule has 1 aliphatic rings. The summed E-state index contributed by atoms with van der Waals surface area (Å²) < 4.78 is 6.04. The SMILES string of the molecule is C=CC(=O)Nc1cccc(Oc2ncnc3[nH]c(-c4ccc(N5CCSCC5)cc4)cc23)c1. The lowest BCUT2D eigenvalue weighted by molar-refractivity contribution is -0.111. The minimum Gasteiger partial charge on any atom is -0.438 e. The van der Waals surface area contributed by atoms with Crippen molar-refractivity contribution >= 4 is 40.1 Å². The van der Waals surface area contributed by atoms with Crippen LogP contribution in [0.25, 0.3) is 22.3 Å². The first kappa shape index (κ1) is 21.1. The molecule has 0 unspecified atom stereocenters. The van der Waals surface area contributed by atoms with E-state index in [1.54, 1.807) is 18.2 Å². The topological polar surface area (TPSA) is 83.1 Å². The second kappa shape index (κ2) is 9.38. The van der Waals surface area contributed by atoms with Gasteiger partial charge in [-0.25, -0.2) is 9.97 Å². The number of anilines is 2. The van der Waals surface area contributed by atoms with E-state index in [1.807, 2.05) is 23.9 Å². The van der Waals surface area contributed by atoms with Crippen LogP contribution in [0, 0.1) is 0 Å². The van der Waals surface area contributed by atoms with Crippen molar-refractivity contribution in [3.63, 3.8) is 0 Å². The average molecular weight is 458 g/mol. The van der Waals surface area contributed by atoms with E-state index in [0.717, 1.165) is 29.7 Å². The number of carbonyl (C=O) groups excluding carboxylic acids is 1. The summed E-state index contributed by atoms with van der Waals surface area (Å²) in [6.07, 6.45) is 2.69. The van der Waals surface area contributed by atoms with Crippen LogP contribution in [0.5, 0.6) is 11.6 Å². The van der Waals surface area contributed by atoms with Gasteiger partial charge in [0, 0.05) is 47.7 Å². The quantitative estimate of drug-likeness (QED) is 0.392. The summed E-state index contributed by atoms with van der Waals surface area (Å²) in [6.45, 7) is 5.65. The van der Waals surface area contributed by atoms with E-state index < -0.39 is 0 Å². The number of fused-ring (bicyclic) bond motifs is 1. The summed E-state index contributed by atoms with van der Waals surface area (Å²) in [5.41, 5.74) is 4.59. The highest BCUT2D eigenvalue weighted by Gasteiger charge is 2.14. The number of thioether (sulfide) groups is 1. The van der Waals surface area contributed by atoms with Crippen molar-refractivity contribution in [3.05, 3.63) is 73.6 Å². The van der Waals surface area contributed by atoms with Crippen LogP contribution in [0.3, 0.4) is 0 Å². The highest BCUT2D eigenvalue weighted by atomic mass is 32.2. The van der Waals surface area contributed by atoms with Gasteiger partial charge in [0.2, 0.25) is 11.8 Å². The number of carbonyl (C=O) groups is 1. The van der Waals surface area contributed by atoms with Crippen molar-refractivity contribution in [1.82, 2.24) is 15.0 Å². The third-order valence-electron chi connectivity index (χ3n) is 5.45. The molecule has 1 aliphatic heterocycles. The molecule has 4 aromatic rings. The van der Waals surface area contributed by atoms with Crippen molar-refractivity contribution in [2.24, 2.45) is 0 Å². The Balaban J connectivity index is 1.39. The molecule has 7 nitrogen and oxygen atoms in total. The molecule has 1 fully saturated rings. The van der Waals surface area contributed by atoms with Gasteiger partial charge in [-0.15, -0.1) is 0 Å². The van der Waals surface area contributed by atoms with Crippen LogP contribution in [-0.2, 0) is 4.79 Å². The van der Waals surface area contributed by atoms with Gasteiger partial charge in [-0.3, -0.25) is 4.79 Å². The fourth-order valence-electron chi connectivity index (χ4n) is 3.77. The van der Waals surface area contributed by atoms with Gasteiger partial charge in [-0.05, 0) is 42.0 Å². The molecule has 0 bridgehead atoms. The van der Waals surface area contributed by atoms with Crippen molar-refractivity contribution in [2.75, 3.05) is 34.8 Å². The van der Waals surface area contributed by atoms with E-state index in [4.69, 9.17) is 4.74 Å². The van der Waals surface area contributed by atoms with Crippen LogP contribution < -0.4 is 15.0 Å². The predicted octanol–water partition coefficient (Wildman–Crippen LogP) is 5.09. The van der Waals surface area contributed by atoms with E-state index in [0.29, 0.717) is 23.0 Å². The Morgan fingerprint density at radius 2 is 1.94 bits per heavy atom. The van der Waals surface area contributed by atoms with E-state index in [-0.39, 0.29) is 5.91 Å². The molecule has 33 heavy (non-hydrogen) atoms. The summed E-state index contributed by atoms with van der Waals surface area (Å²) in [5, 5.41) is 3.51. The van der Waals surface area contributed by atoms with Gasteiger partial charge in [0.15, 0.2) is 0 Å². The molecule has 0 saturated carbocycles. The van der Waals surface area contributed by atoms with Gasteiger partial charge in [0.25, 0.3) is 0 Å². The first-order chi connectivity index (χ1) is 16.2. The number of H-pyrrole nitrogens is 1. The molecule has 8 heteroatoms. The molecular weight excluding hydrogens is 434 g/mol. The second-order valence-corrected chi connectivity index (χ2v) is 8.82. The molecule has 5 rings (SSSR count). The number of hydrogen-bond donors (Lipinski definition) is 2. The lowest BCUT2D eigenvalue weighted by Crippen LogP contribution is -2.32. The minimum absolute atomic E-state index is 0.281. The molecule has 2 aromatic heterocycles. The molecule has 3 heterocycles. The number of nitrogens with zero attached hydrogens (tertiary/aromatic N) is 3. The Bertz CT molecular complexity index is 1300. The number of hydrogen-bond acceptors (Lipinski definition) is 6. The molecule has 0 aliphatic carbocycles. The number of nitrogens with one attached hydrogen (secondary N) is 2. The number of aromatic nitrogens is 3. The second-order valence-electron chi connectivity index (χ2n) is 7.59. The van der Waals surface area contributed by atoms with Crippen LogP contribution in [0.1, 0.15) is 0 Å². The standard InChI is InChI=1S/C25H23N5O2S/c1-2-23(31)28-18-4-3-5-20(14-18)32-25-21-15-22(29-24(21)26-16-27-25)17-6-8-19(9-7-17)30-10-12-33-13-11-30/h2-9,14-16H,1,10-13H2,(H,28,31)(H,26,27,29). The lowest BCUT2D eigenvalue weighted by Gasteiger charge is -2.28. The summed E-state index contributed by atoms with van der Waals surface area (Å²) in [7, 11) is 0. The molecule has 166 valence electrons. The number of aromatic amines is 1. The van der Waals surface area contributed by atoms with Gasteiger partial charge >= 0.3 is 0 Å². The number of rotatable bonds is 6. The third-order valence-corrected chi connectivity index (χ3v) is 6.39. The Kier molecular flexibility index (Phi) is 5.99. The van der Waals surface area contributed by atoms with Gasteiger partial charge in [-0.1, -0.05) is 24.8 Å². The Labute approximate surface area is 195 Å². The van der Waals surface area contributed by atoms with E-state index >= 15 is 0 Å². The normalized spacial score (nSPS) is 13.6. The van der Waals surface area contributed by atoms with Crippen molar-refractivity contribution in [2.45, 2.75) is 0 Å². The molecule has 1 saturated heterocycles. The van der Waals surface area contributed by atoms with Crippen LogP contribution in [0.4, 0.5) is 11.4 Å². The van der Waals surface area contributed by atoms with E-state index in [1.165, 1.54) is 29.6 Å². The highest BCUT2D eigenvalue weighted by molar-refractivity contribution is 7.99. The smallest absolute Gasteiger partial charge is 0.247 e. The van der Waals surface area contributed by atoms with Crippen LogP contribution in [0.15, 0.2) is 73.6 Å². The molecular formula is C25H23N5O2S. The average Bonchev–Trinajstić information content (AvgIpc) is 3.30. The summed E-state index contributed by atoms with van der Waals surface area (Å²) >= 11 is 2.01. The molecule has 0 spiro atoms. The maximum Gasteiger partial charge on any atom is 0.247 e. The summed E-state index contributed by atoms with van der Waals surface area (Å²) in [4.78, 5) is 26.1. The largest absolute Gasteiger partial charge is 0.438 e. The van der Waals surface area contributed by atoms with Crippen molar-refractivity contribution < 1.29 is 9.53 Å². The molecule has 0 radical (unpaired) electrons. The van der Waals surface area contributed by atoms with Crippen LogP contribution >= 0.6 is 11.8 Å². The number of amides is 1. The van der Waals surface area contributed by atoms with Gasteiger partial charge in [-0.2, -0.15) is 11.8 Å². The summed E-state index contributed by atoms with van der Waals surface area (Å²) in [5.74, 6) is 3.07. The van der Waals surface area contributed by atoms with E-state index in [9.17, 15) is 4.79 Å². The van der Waals surface area contributed by atoms with Gasteiger partial charge in [0.1, 0.15) is 17.7 Å². The van der Waals surface area contributed by atoms with Crippen molar-refractivity contribution in [1.29, 1.82) is 0 Å². The third kappa shape index (κ3) is 4.70. The maximum atomic E-state index is 11.6. The molecule has 0 atom stereocenters. The van der Waals surface area contributed by atoms with Gasteiger partial charge < -0.3 is 19.9 Å². The monoisotopic (exact) mass is 457 g/mol. The number of ether oxygens (including phenoxy) is 1. The zero-order valence-corrected chi connectivity index (χ0v) is 18.8. The molecule has 1 amide bonds. The number of benzene rings is 2. The van der Waals surface area contributed by atoms with Crippen LogP contribution in [0.2, 0.25) is 0 Å². The Hall–Kier alpha value is -3.78. The van der Waals surface area contributed by atoms with Crippen LogP contribution in [-0.4, -0.2) is 45.5 Å². The first-order valence-electron chi connectivity index (χ1n) is 10.7. The minimum atomic E-state index is -0.281. The zero-order valence-electron chi connectivity index (χ0n) is 18.0. The lowest BCUT2D eigenvalue weighted by atomic mass is 10.1. The zero-order chi connectivity index (χ0) is 22.6. The van der Waals surface area contributed by atoms with Crippen molar-refractivity contribution in [3.8, 4) is 22.9 Å². The van der Waals surface area contributed by atoms with E-state index in [2.05, 4.69) is 56.0 Å². The highest BCUT2D eigenvalue weighted by Crippen LogP contribution is 2.32.